The molecular weight excluding hydrogens is 865 g/mol. The van der Waals surface area contributed by atoms with Gasteiger partial charge in [-0.15, -0.1) is 0 Å². The minimum absolute atomic E-state index is 0.0131. The van der Waals surface area contributed by atoms with Crippen LogP contribution in [0.4, 0.5) is 0 Å². The average molecular weight is 955 g/mol. The van der Waals surface area contributed by atoms with E-state index in [-0.39, 0.29) is 66.7 Å². The highest BCUT2D eigenvalue weighted by Crippen LogP contribution is 2.56. The van der Waals surface area contributed by atoms with Crippen LogP contribution in [0.2, 0.25) is 0 Å². The van der Waals surface area contributed by atoms with E-state index in [1.165, 1.54) is 0 Å². The summed E-state index contributed by atoms with van der Waals surface area (Å²) >= 11 is 0. The first kappa shape index (κ1) is 54.8. The number of carbonyl (C=O) groups excluding carboxylic acids is 1. The van der Waals surface area contributed by atoms with Gasteiger partial charge in [-0.25, -0.2) is 0 Å². The second-order valence-corrected chi connectivity index (χ2v) is 23.8. The maximum atomic E-state index is 13.7. The zero-order valence-corrected chi connectivity index (χ0v) is 43.1. The lowest BCUT2D eigenvalue weighted by atomic mass is 9.76. The van der Waals surface area contributed by atoms with Crippen LogP contribution in [0.15, 0.2) is 0 Å². The van der Waals surface area contributed by atoms with Crippen molar-refractivity contribution < 1.29 is 73.4 Å². The molecule has 0 bridgehead atoms. The number of hydrogen-bond acceptors (Lipinski definition) is 14. The van der Waals surface area contributed by atoms with E-state index < -0.39 is 94.6 Å². The largest absolute Gasteiger partial charge is 0.481 e. The molecule has 6 heterocycles. The maximum Gasteiger partial charge on any atom is 0.308 e. The Morgan fingerprint density at radius 1 is 0.776 bits per heavy atom. The van der Waals surface area contributed by atoms with Gasteiger partial charge in [-0.1, -0.05) is 62.3 Å². The van der Waals surface area contributed by atoms with Crippen LogP contribution in [0, 0.1) is 47.3 Å². The Hall–Kier alpha value is -1.50. The highest BCUT2D eigenvalue weighted by molar-refractivity contribution is 5.70. The van der Waals surface area contributed by atoms with Crippen molar-refractivity contribution in [1.29, 1.82) is 0 Å². The Bertz CT molecular complexity index is 1700. The van der Waals surface area contributed by atoms with Gasteiger partial charge in [0.05, 0.1) is 59.8 Å². The van der Waals surface area contributed by atoms with Crippen LogP contribution in [-0.2, 0) is 42.7 Å². The monoisotopic (exact) mass is 955 g/mol. The van der Waals surface area contributed by atoms with Gasteiger partial charge in [0.2, 0.25) is 5.79 Å². The van der Waals surface area contributed by atoms with Gasteiger partial charge in [0.1, 0.15) is 11.7 Å². The average Bonchev–Trinajstić information content (AvgIpc) is 3.76. The van der Waals surface area contributed by atoms with Gasteiger partial charge < -0.3 is 63.8 Å². The van der Waals surface area contributed by atoms with E-state index in [1.807, 2.05) is 76.2 Å². The van der Waals surface area contributed by atoms with Crippen molar-refractivity contribution >= 4 is 11.9 Å². The van der Waals surface area contributed by atoms with Crippen molar-refractivity contribution in [3.8, 4) is 0 Å². The third-order valence-electron chi connectivity index (χ3n) is 17.8. The molecular formula is C52H90O15. The van der Waals surface area contributed by atoms with Crippen molar-refractivity contribution in [3.63, 3.8) is 0 Å². The molecule has 6 fully saturated rings. The van der Waals surface area contributed by atoms with Gasteiger partial charge in [0.25, 0.3) is 0 Å². The molecule has 0 aromatic carbocycles. The van der Waals surface area contributed by atoms with Crippen molar-refractivity contribution in [2.75, 3.05) is 0 Å². The maximum absolute atomic E-state index is 13.7. The first-order valence-corrected chi connectivity index (χ1v) is 26.1. The van der Waals surface area contributed by atoms with Crippen LogP contribution >= 0.6 is 0 Å². The molecule has 0 saturated carbocycles. The number of carboxylic acid groups (broad SMARTS) is 1. The Balaban J connectivity index is 1.18. The Kier molecular flexibility index (Phi) is 16.8. The summed E-state index contributed by atoms with van der Waals surface area (Å²) in [7, 11) is 0. The molecule has 6 rings (SSSR count). The molecule has 6 N–H and O–H groups in total. The van der Waals surface area contributed by atoms with Crippen molar-refractivity contribution in [3.05, 3.63) is 0 Å². The summed E-state index contributed by atoms with van der Waals surface area (Å²) in [6.07, 6.45) is 0.791. The number of ether oxygens (including phenoxy) is 7. The minimum atomic E-state index is -2.05. The fourth-order valence-electron chi connectivity index (χ4n) is 13.0. The second kappa shape index (κ2) is 20.5. The molecule has 67 heavy (non-hydrogen) atoms. The van der Waals surface area contributed by atoms with E-state index in [2.05, 4.69) is 0 Å². The van der Waals surface area contributed by atoms with Crippen LogP contribution in [0.1, 0.15) is 180 Å². The lowest BCUT2D eigenvalue weighted by Crippen LogP contribution is -2.64. The number of carboxylic acids is 1. The number of hydrogen-bond donors (Lipinski definition) is 6. The predicted molar refractivity (Wildman–Crippen MR) is 248 cm³/mol. The van der Waals surface area contributed by atoms with E-state index in [9.17, 15) is 40.2 Å². The molecule has 0 unspecified atom stereocenters. The summed E-state index contributed by atoms with van der Waals surface area (Å²) in [5, 5.41) is 70.3. The molecule has 6 saturated heterocycles. The third-order valence-corrected chi connectivity index (χ3v) is 17.8. The van der Waals surface area contributed by atoms with Gasteiger partial charge in [-0.2, -0.15) is 0 Å². The number of aliphatic carboxylic acids is 1. The molecule has 0 spiro atoms. The topological polar surface area (TPSA) is 220 Å². The van der Waals surface area contributed by atoms with Gasteiger partial charge in [0.15, 0.2) is 17.7 Å². The summed E-state index contributed by atoms with van der Waals surface area (Å²) in [5.74, 6) is -9.26. The fourth-order valence-corrected chi connectivity index (χ4v) is 13.0. The normalized spacial score (nSPS) is 48.2. The Morgan fingerprint density at radius 2 is 1.46 bits per heavy atom. The number of aliphatic hydroxyl groups is 5. The smallest absolute Gasteiger partial charge is 0.308 e. The molecule has 0 aromatic rings. The molecule has 15 heteroatoms. The quantitative estimate of drug-likeness (QED) is 0.0856. The molecule has 6 aliphatic rings. The predicted octanol–water partition coefficient (Wildman–Crippen LogP) is 7.03. The van der Waals surface area contributed by atoms with Crippen LogP contribution < -0.4 is 0 Å². The number of rotatable bonds is 16. The van der Waals surface area contributed by atoms with E-state index in [4.69, 9.17) is 33.2 Å². The molecule has 6 aliphatic heterocycles. The zero-order chi connectivity index (χ0) is 49.8. The first-order valence-electron chi connectivity index (χ1n) is 26.1. The molecule has 0 radical (unpaired) electrons. The lowest BCUT2D eigenvalue weighted by molar-refractivity contribution is -0.374. The van der Waals surface area contributed by atoms with Gasteiger partial charge in [-0.05, 0) is 122 Å². The van der Waals surface area contributed by atoms with Crippen LogP contribution in [0.5, 0.6) is 0 Å². The molecule has 0 amide bonds. The fraction of sp³-hybridized carbons (Fsp3) is 0.962. The Morgan fingerprint density at radius 3 is 2.10 bits per heavy atom. The van der Waals surface area contributed by atoms with Crippen molar-refractivity contribution in [2.24, 2.45) is 47.3 Å². The van der Waals surface area contributed by atoms with Crippen molar-refractivity contribution in [1.82, 2.24) is 0 Å². The van der Waals surface area contributed by atoms with E-state index in [0.717, 1.165) is 6.42 Å². The number of aliphatic hydroxyl groups excluding tert-OH is 1. The zero-order valence-electron chi connectivity index (χ0n) is 43.1. The summed E-state index contributed by atoms with van der Waals surface area (Å²) in [6, 6.07) is 0. The van der Waals surface area contributed by atoms with Crippen LogP contribution in [0.3, 0.4) is 0 Å². The highest BCUT2D eigenvalue weighted by atomic mass is 16.7. The first-order chi connectivity index (χ1) is 31.0. The van der Waals surface area contributed by atoms with Crippen LogP contribution in [-0.4, -0.2) is 132 Å². The lowest BCUT2D eigenvalue weighted by Gasteiger charge is -2.52. The minimum Gasteiger partial charge on any atom is -0.481 e. The van der Waals surface area contributed by atoms with Gasteiger partial charge in [-0.3, -0.25) is 9.59 Å². The highest BCUT2D eigenvalue weighted by Gasteiger charge is 2.68. The molecule has 15 nitrogen and oxygen atoms in total. The van der Waals surface area contributed by atoms with E-state index in [0.29, 0.717) is 70.6 Å². The van der Waals surface area contributed by atoms with Crippen molar-refractivity contribution in [2.45, 2.75) is 269 Å². The van der Waals surface area contributed by atoms with E-state index in [1.54, 1.807) is 13.8 Å². The summed E-state index contributed by atoms with van der Waals surface area (Å²) < 4.78 is 46.1. The molecule has 22 atom stereocenters. The Labute approximate surface area is 400 Å². The van der Waals surface area contributed by atoms with Gasteiger partial charge in [0, 0.05) is 36.5 Å². The van der Waals surface area contributed by atoms with E-state index >= 15 is 0 Å². The third kappa shape index (κ3) is 11.1. The summed E-state index contributed by atoms with van der Waals surface area (Å²) in [6.45, 7) is 24.7. The second-order valence-electron chi connectivity index (χ2n) is 23.8. The number of carbonyl (C=O) groups is 2. The molecule has 0 aromatic heterocycles. The van der Waals surface area contributed by atoms with Gasteiger partial charge >= 0.3 is 11.9 Å². The SMILES string of the molecule is CC[C@@H]1O[C@@H]([C@]2(C)C[C@@H](C)[C@](O)([C@]3(C)CC[C@@H]([C@@H](OC(=O)CC(C)C)[C@]4(O)O[C@H](C[C@@]5(O)O[C@@H]([C@@H](C)[C@H](O)C[C@H]6CC[C@H](C)[C@@H]([C@@H](C)C(=O)O)O6)CC[C@@H]5C)[C@@H](C)C[C@H]4C)O3)O2)CC[C@@]1(C)O. The van der Waals surface area contributed by atoms with Crippen LogP contribution in [0.25, 0.3) is 0 Å². The molecule has 0 aliphatic carbocycles. The summed E-state index contributed by atoms with van der Waals surface area (Å²) in [5.41, 5.74) is -3.12. The standard InChI is InChI=1S/C52H90O15/c1-14-41-47(11,57)21-20-42(62-41)48(12)26-33(8)52(60,67-48)49(13)22-19-39(64-49)45(63-43(54)23-28(2)3)51(59)32(7)24-30(5)40(66-51)27-50(58)31(6)16-18-38(65-50)34(9)37(53)25-36-17-15-29(4)44(61-36)35(10)46(55)56/h28-42,44-45,53,57-60H,14-27H2,1-13H3,(H,55,56)/t29-,30-,31-,32+,33+,34-,35+,36+,37+,38+,39-,40+,41-,42+,44-,45+,47+,48-,49-,50+,51+,52+/m0/s1. The summed E-state index contributed by atoms with van der Waals surface area (Å²) in [4.78, 5) is 25.5. The molecule has 388 valence electrons. The number of esters is 1.